The van der Waals surface area contributed by atoms with Crippen molar-refractivity contribution >= 4 is 29.6 Å². The Hall–Kier alpha value is -3.59. The largest absolute Gasteiger partial charge is 0.507 e. The molecule has 2 aromatic carbocycles. The minimum atomic E-state index is 0.0128. The fraction of sp³-hybridized carbons (Fsp3) is 0.746. The number of carbonyl (C=O) groups excluding carboxylic acids is 1. The molecule has 8 atom stereocenters. The van der Waals surface area contributed by atoms with Crippen molar-refractivity contribution in [3.63, 3.8) is 0 Å². The number of aromatic nitrogens is 2. The van der Waals surface area contributed by atoms with Crippen LogP contribution in [0.2, 0.25) is 0 Å². The molecule has 0 spiro atoms. The van der Waals surface area contributed by atoms with Gasteiger partial charge in [-0.05, 0) is 147 Å². The molecule has 80 heavy (non-hydrogen) atoms. The third-order valence-corrected chi connectivity index (χ3v) is 21.1. The van der Waals surface area contributed by atoms with Gasteiger partial charge in [-0.1, -0.05) is 219 Å². The van der Waals surface area contributed by atoms with Gasteiger partial charge in [0.2, 0.25) is 5.89 Å². The maximum absolute atomic E-state index is 13.0. The maximum Gasteiger partial charge on any atom is 0.306 e. The minimum Gasteiger partial charge on any atom is -0.507 e. The van der Waals surface area contributed by atoms with Gasteiger partial charge in [0, 0.05) is 42.0 Å². The second-order valence-electron chi connectivity index (χ2n) is 26.6. The van der Waals surface area contributed by atoms with Gasteiger partial charge in [0.05, 0.1) is 12.3 Å². The molecule has 0 bridgehead atoms. The summed E-state index contributed by atoms with van der Waals surface area (Å²) in [5.74, 6) is 7.43. The number of rotatable bonds is 39. The van der Waals surface area contributed by atoms with Crippen LogP contribution in [0, 0.1) is 46.3 Å². The van der Waals surface area contributed by atoms with Crippen molar-refractivity contribution in [2.45, 2.75) is 284 Å². The number of ether oxygens (including phenoxy) is 2. The summed E-state index contributed by atoms with van der Waals surface area (Å²) < 4.78 is 18.1. The second kappa shape index (κ2) is 34.3. The molecular weight excluding hydrogens is 1010 g/mol. The summed E-state index contributed by atoms with van der Waals surface area (Å²) >= 11 is 1.65. The number of unbranched alkanes of at least 4 members (excludes halogenated alkanes) is 22. The molecule has 7 rings (SSSR count). The van der Waals surface area contributed by atoms with Crippen molar-refractivity contribution in [1.29, 1.82) is 0 Å². The first-order valence-electron chi connectivity index (χ1n) is 33.4. The fourth-order valence-electron chi connectivity index (χ4n) is 15.4. The van der Waals surface area contributed by atoms with E-state index in [1.165, 1.54) is 186 Å². The summed E-state index contributed by atoms with van der Waals surface area (Å²) in [5, 5.41) is 19.9. The van der Waals surface area contributed by atoms with Crippen LogP contribution >= 0.6 is 11.8 Å². The molecule has 1 unspecified atom stereocenters. The highest BCUT2D eigenvalue weighted by atomic mass is 32.2. The first kappa shape index (κ1) is 64.0. The second-order valence-corrected chi connectivity index (χ2v) is 27.7. The average molecular weight is 1120 g/mol. The molecule has 3 saturated carbocycles. The number of aliphatic imine (C=N–C) groups is 1. The van der Waals surface area contributed by atoms with E-state index in [-0.39, 0.29) is 17.8 Å². The van der Waals surface area contributed by atoms with E-state index in [1.54, 1.807) is 29.6 Å². The normalized spacial score (nSPS) is 23.9. The van der Waals surface area contributed by atoms with Crippen molar-refractivity contribution in [3.05, 3.63) is 59.7 Å². The number of phenols is 1. The summed E-state index contributed by atoms with van der Waals surface area (Å²) in [7, 11) is 0. The third kappa shape index (κ3) is 19.8. The number of fused-ring (bicyclic) bond motifs is 5. The van der Waals surface area contributed by atoms with Crippen molar-refractivity contribution in [3.8, 4) is 23.0 Å². The lowest BCUT2D eigenvalue weighted by atomic mass is 9.47. The Labute approximate surface area is 491 Å². The Balaban J connectivity index is 0.674. The Morgan fingerprint density at radius 3 is 2.05 bits per heavy atom. The van der Waals surface area contributed by atoms with E-state index < -0.39 is 0 Å². The number of aromatic hydroxyl groups is 1. The summed E-state index contributed by atoms with van der Waals surface area (Å²) in [6, 6.07) is 13.1. The van der Waals surface area contributed by atoms with Gasteiger partial charge in [-0.3, -0.25) is 9.79 Å². The molecule has 4 aliphatic rings. The molecule has 4 aliphatic carbocycles. The van der Waals surface area contributed by atoms with Crippen molar-refractivity contribution in [2.24, 2.45) is 51.3 Å². The number of hydrogen-bond donors (Lipinski definition) is 1. The predicted octanol–water partition coefficient (Wildman–Crippen LogP) is 21.4. The van der Waals surface area contributed by atoms with Gasteiger partial charge in [-0.25, -0.2) is 0 Å². The number of esters is 1. The fourth-order valence-corrected chi connectivity index (χ4v) is 16.1. The van der Waals surface area contributed by atoms with E-state index >= 15 is 0 Å². The Kier molecular flexibility index (Phi) is 27.4. The van der Waals surface area contributed by atoms with Gasteiger partial charge in [0.25, 0.3) is 5.22 Å². The third-order valence-electron chi connectivity index (χ3n) is 20.2. The van der Waals surface area contributed by atoms with Crippen LogP contribution in [0.15, 0.2) is 68.7 Å². The van der Waals surface area contributed by atoms with E-state index in [0.717, 1.165) is 91.0 Å². The van der Waals surface area contributed by atoms with Crippen LogP contribution in [-0.4, -0.2) is 46.0 Å². The Morgan fingerprint density at radius 2 is 1.39 bits per heavy atom. The van der Waals surface area contributed by atoms with Crippen LogP contribution < -0.4 is 4.74 Å². The molecule has 446 valence electrons. The lowest BCUT2D eigenvalue weighted by Crippen LogP contribution is -2.51. The zero-order valence-electron chi connectivity index (χ0n) is 51.4. The summed E-state index contributed by atoms with van der Waals surface area (Å²) in [5.41, 5.74) is 4.69. The van der Waals surface area contributed by atoms with Crippen LogP contribution in [0.25, 0.3) is 11.5 Å². The lowest BCUT2D eigenvalue weighted by molar-refractivity contribution is -0.151. The zero-order chi connectivity index (χ0) is 56.4. The first-order chi connectivity index (χ1) is 39.0. The molecular formula is C71H111N3O5S. The number of phenolic OH excluding ortho intramolecular Hbond substituents is 1. The standard InChI is InChI=1S/C71H111N3O5S/c1-7-8-9-10-11-12-13-14-15-16-17-18-21-24-27-30-50-80-69-74-73-68(79-69)56-35-39-59(40-36-56)72-53-57-37-41-60(52-66(57)75)77-49-29-26-23-20-19-22-25-28-34-67(76)78-61-45-47-70(5)58(51-61)38-42-62-64-44-43-63(55(4)33-31-32-54(2)3)71(64,6)48-46-65(62)70/h35-41,52-55,61-65,75H,7-34,42-51H2,1-6H3/t55-,61?,62+,63-,64+,65+,70+,71-/m1/s1. The molecule has 0 aliphatic heterocycles. The molecule has 3 aromatic rings. The zero-order valence-corrected chi connectivity index (χ0v) is 52.3. The Morgan fingerprint density at radius 1 is 0.738 bits per heavy atom. The van der Waals surface area contributed by atoms with Crippen LogP contribution in [0.5, 0.6) is 11.5 Å². The lowest BCUT2D eigenvalue weighted by Gasteiger charge is -2.58. The SMILES string of the molecule is CCCCCCCCCCCCCCCCCCSc1nnc(-c2ccc(N=Cc3ccc(OCCCCCCCCCCC(=O)OC4CC[C@@]5(C)C(=CC[C@H]6[C@@H]7CC[C@H]([C@H](C)CCCC(C)C)[C@@]7(C)CC[C@@H]65)C4)cc3O)cc2)o1. The minimum absolute atomic E-state index is 0.0128. The molecule has 0 saturated heterocycles. The molecule has 8 nitrogen and oxygen atoms in total. The number of hydrogen-bond acceptors (Lipinski definition) is 9. The van der Waals surface area contributed by atoms with Gasteiger partial charge < -0.3 is 19.0 Å². The van der Waals surface area contributed by atoms with Crippen LogP contribution in [0.4, 0.5) is 5.69 Å². The van der Waals surface area contributed by atoms with Crippen molar-refractivity contribution in [1.82, 2.24) is 10.2 Å². The summed E-state index contributed by atoms with van der Waals surface area (Å²) in [6.45, 7) is 15.5. The predicted molar refractivity (Wildman–Crippen MR) is 335 cm³/mol. The van der Waals surface area contributed by atoms with Gasteiger partial charge in [0.15, 0.2) is 0 Å². The maximum atomic E-state index is 13.0. The van der Waals surface area contributed by atoms with E-state index in [1.807, 2.05) is 36.4 Å². The van der Waals surface area contributed by atoms with E-state index in [0.29, 0.717) is 46.3 Å². The molecule has 1 N–H and O–H groups in total. The topological polar surface area (TPSA) is 107 Å². The number of thioether (sulfide) groups is 1. The molecule has 1 aromatic heterocycles. The molecule has 0 amide bonds. The smallest absolute Gasteiger partial charge is 0.306 e. The van der Waals surface area contributed by atoms with Gasteiger partial charge in [0.1, 0.15) is 17.6 Å². The number of benzene rings is 2. The monoisotopic (exact) mass is 1120 g/mol. The van der Waals surface area contributed by atoms with E-state index in [4.69, 9.17) is 13.9 Å². The first-order valence-corrected chi connectivity index (χ1v) is 34.4. The Bertz CT molecular complexity index is 2290. The number of carbonyl (C=O) groups is 1. The van der Waals surface area contributed by atoms with Crippen molar-refractivity contribution < 1.29 is 23.8 Å². The molecule has 0 radical (unpaired) electrons. The molecule has 1 heterocycles. The number of nitrogens with zero attached hydrogens (tertiary/aromatic N) is 3. The summed E-state index contributed by atoms with van der Waals surface area (Å²) in [4.78, 5) is 17.6. The average Bonchev–Trinajstić information content (AvgIpc) is 4.26. The highest BCUT2D eigenvalue weighted by Crippen LogP contribution is 2.67. The number of allylic oxidation sites excluding steroid dienone is 1. The highest BCUT2D eigenvalue weighted by molar-refractivity contribution is 7.99. The van der Waals surface area contributed by atoms with Crippen LogP contribution in [-0.2, 0) is 9.53 Å². The van der Waals surface area contributed by atoms with E-state index in [9.17, 15) is 9.90 Å². The van der Waals surface area contributed by atoms with Gasteiger partial charge in [-0.2, -0.15) is 0 Å². The summed E-state index contributed by atoms with van der Waals surface area (Å²) in [6.07, 6.45) is 50.1. The quantitative estimate of drug-likeness (QED) is 0.0198. The highest BCUT2D eigenvalue weighted by Gasteiger charge is 2.59. The van der Waals surface area contributed by atoms with E-state index in [2.05, 4.69) is 62.8 Å². The van der Waals surface area contributed by atoms with Crippen LogP contribution in [0.3, 0.4) is 0 Å². The molecule has 9 heteroatoms. The van der Waals surface area contributed by atoms with Gasteiger partial charge >= 0.3 is 5.97 Å². The molecule has 3 fully saturated rings. The van der Waals surface area contributed by atoms with Crippen LogP contribution in [0.1, 0.15) is 278 Å². The van der Waals surface area contributed by atoms with Crippen molar-refractivity contribution in [2.75, 3.05) is 12.4 Å². The van der Waals surface area contributed by atoms with Gasteiger partial charge in [-0.15, -0.1) is 10.2 Å².